The second-order valence-corrected chi connectivity index (χ2v) is 7.08. The molecular weight excluding hydrogens is 440 g/mol. The minimum atomic E-state index is -1.50. The van der Waals surface area contributed by atoms with Crippen LogP contribution in [0.2, 0.25) is 0 Å². The van der Waals surface area contributed by atoms with Gasteiger partial charge < -0.3 is 33.2 Å². The normalized spacial score (nSPS) is 24.4. The molecule has 1 aliphatic rings. The highest BCUT2D eigenvalue weighted by Crippen LogP contribution is 2.30. The van der Waals surface area contributed by atoms with Gasteiger partial charge in [0.05, 0.1) is 26.9 Å². The standard InChI is InChI=1S/C22H28O11/c1-13(23)30-17-18(31-14(2)24)20(32-15(3)25)22(33-19(17)21(26)27-4)29-11-10-28-12-16-8-6-5-7-9-16/h5-9,17-20,22H,10-12H2,1-4H3/t17-,18-,19-,20+,22?/m0/s1. The summed E-state index contributed by atoms with van der Waals surface area (Å²) in [6.07, 6.45) is -6.98. The van der Waals surface area contributed by atoms with Gasteiger partial charge in [0.1, 0.15) is 0 Å². The molecule has 0 bridgehead atoms. The molecule has 0 spiro atoms. The molecule has 0 aromatic heterocycles. The Bertz CT molecular complexity index is 810. The van der Waals surface area contributed by atoms with Crippen LogP contribution in [0.1, 0.15) is 26.3 Å². The molecule has 11 nitrogen and oxygen atoms in total. The first-order valence-corrected chi connectivity index (χ1v) is 10.2. The summed E-state index contributed by atoms with van der Waals surface area (Å²) in [6, 6.07) is 9.47. The minimum Gasteiger partial charge on any atom is -0.467 e. The SMILES string of the molecule is COC(=O)[C@H]1OC(OCCOCc2ccccc2)[C@H](OC(C)=O)[C@@H](OC(C)=O)[C@@H]1OC(C)=O. The fraction of sp³-hybridized carbons (Fsp3) is 0.545. The van der Waals surface area contributed by atoms with Gasteiger partial charge in [-0.2, -0.15) is 0 Å². The Labute approximate surface area is 191 Å². The van der Waals surface area contributed by atoms with Gasteiger partial charge in [0.15, 0.2) is 30.7 Å². The van der Waals surface area contributed by atoms with Crippen molar-refractivity contribution in [2.45, 2.75) is 58.1 Å². The smallest absolute Gasteiger partial charge is 0.339 e. The van der Waals surface area contributed by atoms with Gasteiger partial charge in [-0.05, 0) is 5.56 Å². The van der Waals surface area contributed by atoms with Crippen molar-refractivity contribution in [2.24, 2.45) is 0 Å². The molecule has 1 saturated heterocycles. The first kappa shape index (κ1) is 26.2. The van der Waals surface area contributed by atoms with E-state index in [0.29, 0.717) is 6.61 Å². The lowest BCUT2D eigenvalue weighted by atomic mass is 9.97. The van der Waals surface area contributed by atoms with E-state index in [9.17, 15) is 19.2 Å². The second-order valence-electron chi connectivity index (χ2n) is 7.08. The summed E-state index contributed by atoms with van der Waals surface area (Å²) in [5, 5.41) is 0. The van der Waals surface area contributed by atoms with E-state index in [1.54, 1.807) is 0 Å². The van der Waals surface area contributed by atoms with Gasteiger partial charge in [0.25, 0.3) is 0 Å². The van der Waals surface area contributed by atoms with Crippen LogP contribution in [-0.2, 0) is 58.9 Å². The van der Waals surface area contributed by atoms with Crippen LogP contribution in [0.5, 0.6) is 0 Å². The number of rotatable bonds is 10. The molecule has 1 aromatic carbocycles. The van der Waals surface area contributed by atoms with Crippen molar-refractivity contribution in [1.29, 1.82) is 0 Å². The quantitative estimate of drug-likeness (QED) is 0.276. The molecular formula is C22H28O11. The summed E-state index contributed by atoms with van der Waals surface area (Å²) in [5.41, 5.74) is 0.967. The molecule has 1 heterocycles. The highest BCUT2D eigenvalue weighted by atomic mass is 16.7. The fourth-order valence-corrected chi connectivity index (χ4v) is 3.20. The lowest BCUT2D eigenvalue weighted by Crippen LogP contribution is -2.63. The predicted octanol–water partition coefficient (Wildman–Crippen LogP) is 0.913. The molecule has 33 heavy (non-hydrogen) atoms. The van der Waals surface area contributed by atoms with Crippen molar-refractivity contribution in [3.8, 4) is 0 Å². The molecule has 5 atom stereocenters. The zero-order chi connectivity index (χ0) is 24.4. The maximum absolute atomic E-state index is 12.3. The third kappa shape index (κ3) is 8.12. The van der Waals surface area contributed by atoms with Crippen LogP contribution in [0.4, 0.5) is 0 Å². The van der Waals surface area contributed by atoms with Crippen LogP contribution < -0.4 is 0 Å². The van der Waals surface area contributed by atoms with Gasteiger partial charge >= 0.3 is 23.9 Å². The molecule has 1 aliphatic heterocycles. The van der Waals surface area contributed by atoms with Crippen LogP contribution in [0.15, 0.2) is 30.3 Å². The zero-order valence-corrected chi connectivity index (χ0v) is 18.9. The molecule has 1 fully saturated rings. The molecule has 0 saturated carbocycles. The highest BCUT2D eigenvalue weighted by Gasteiger charge is 2.55. The van der Waals surface area contributed by atoms with E-state index in [1.807, 2.05) is 30.3 Å². The van der Waals surface area contributed by atoms with Crippen molar-refractivity contribution in [1.82, 2.24) is 0 Å². The van der Waals surface area contributed by atoms with E-state index in [2.05, 4.69) is 0 Å². The number of carbonyl (C=O) groups is 4. The fourth-order valence-electron chi connectivity index (χ4n) is 3.20. The Kier molecular flexibility index (Phi) is 10.2. The Morgan fingerprint density at radius 1 is 0.818 bits per heavy atom. The first-order chi connectivity index (χ1) is 15.7. The van der Waals surface area contributed by atoms with Crippen molar-refractivity contribution in [3.63, 3.8) is 0 Å². The molecule has 0 aliphatic carbocycles. The average molecular weight is 468 g/mol. The van der Waals surface area contributed by atoms with E-state index in [1.165, 1.54) is 0 Å². The van der Waals surface area contributed by atoms with Crippen molar-refractivity contribution >= 4 is 23.9 Å². The molecule has 11 heteroatoms. The summed E-state index contributed by atoms with van der Waals surface area (Å²) in [4.78, 5) is 47.4. The summed E-state index contributed by atoms with van der Waals surface area (Å²) in [5.74, 6) is -3.16. The number of esters is 4. The molecule has 0 amide bonds. The van der Waals surface area contributed by atoms with E-state index in [-0.39, 0.29) is 13.2 Å². The molecule has 1 aromatic rings. The monoisotopic (exact) mass is 468 g/mol. The van der Waals surface area contributed by atoms with Crippen LogP contribution in [0.3, 0.4) is 0 Å². The van der Waals surface area contributed by atoms with E-state index in [0.717, 1.165) is 33.4 Å². The largest absolute Gasteiger partial charge is 0.467 e. The van der Waals surface area contributed by atoms with Crippen LogP contribution in [-0.4, -0.2) is 74.9 Å². The third-order valence-electron chi connectivity index (χ3n) is 4.46. The van der Waals surface area contributed by atoms with E-state index < -0.39 is 54.6 Å². The number of hydrogen-bond acceptors (Lipinski definition) is 11. The maximum Gasteiger partial charge on any atom is 0.339 e. The van der Waals surface area contributed by atoms with Crippen molar-refractivity contribution in [3.05, 3.63) is 35.9 Å². The molecule has 182 valence electrons. The molecule has 0 radical (unpaired) electrons. The van der Waals surface area contributed by atoms with Crippen LogP contribution >= 0.6 is 0 Å². The van der Waals surface area contributed by atoms with Gasteiger partial charge in [-0.25, -0.2) is 4.79 Å². The van der Waals surface area contributed by atoms with Gasteiger partial charge in [-0.1, -0.05) is 30.3 Å². The maximum atomic E-state index is 12.3. The van der Waals surface area contributed by atoms with E-state index >= 15 is 0 Å². The Morgan fingerprint density at radius 3 is 1.97 bits per heavy atom. The summed E-state index contributed by atoms with van der Waals surface area (Å²) < 4.78 is 37.3. The number of hydrogen-bond donors (Lipinski definition) is 0. The van der Waals surface area contributed by atoms with Gasteiger partial charge in [-0.3, -0.25) is 14.4 Å². The van der Waals surface area contributed by atoms with Gasteiger partial charge in [0, 0.05) is 20.8 Å². The van der Waals surface area contributed by atoms with E-state index in [4.69, 9.17) is 33.2 Å². The Morgan fingerprint density at radius 2 is 1.39 bits per heavy atom. The molecule has 1 unspecified atom stereocenters. The lowest BCUT2D eigenvalue weighted by Gasteiger charge is -2.43. The number of ether oxygens (including phenoxy) is 7. The van der Waals surface area contributed by atoms with Crippen molar-refractivity contribution < 1.29 is 52.3 Å². The zero-order valence-electron chi connectivity index (χ0n) is 18.9. The summed E-state index contributed by atoms with van der Waals surface area (Å²) in [7, 11) is 1.11. The topological polar surface area (TPSA) is 133 Å². The van der Waals surface area contributed by atoms with Crippen LogP contribution in [0.25, 0.3) is 0 Å². The number of methoxy groups -OCH3 is 1. The number of benzene rings is 1. The van der Waals surface area contributed by atoms with Crippen LogP contribution in [0, 0.1) is 0 Å². The first-order valence-electron chi connectivity index (χ1n) is 10.2. The van der Waals surface area contributed by atoms with Gasteiger partial charge in [-0.15, -0.1) is 0 Å². The summed E-state index contributed by atoms with van der Waals surface area (Å²) in [6.45, 7) is 3.85. The molecule has 2 rings (SSSR count). The minimum absolute atomic E-state index is 0.00577. The Balaban J connectivity index is 2.16. The highest BCUT2D eigenvalue weighted by molar-refractivity contribution is 5.77. The Hall–Kier alpha value is -3.02. The van der Waals surface area contributed by atoms with Crippen molar-refractivity contribution in [2.75, 3.05) is 20.3 Å². The average Bonchev–Trinajstić information content (AvgIpc) is 2.76. The second kappa shape index (κ2) is 12.9. The third-order valence-corrected chi connectivity index (χ3v) is 4.46. The lowest BCUT2D eigenvalue weighted by molar-refractivity contribution is -0.302. The summed E-state index contributed by atoms with van der Waals surface area (Å²) >= 11 is 0. The number of carbonyl (C=O) groups excluding carboxylic acids is 4. The predicted molar refractivity (Wildman–Crippen MR) is 109 cm³/mol. The van der Waals surface area contributed by atoms with Gasteiger partial charge in [0.2, 0.25) is 0 Å². The molecule has 0 N–H and O–H groups in total.